The second-order valence-electron chi connectivity index (χ2n) is 5.12. The summed E-state index contributed by atoms with van der Waals surface area (Å²) in [5.41, 5.74) is 0.0730. The van der Waals surface area contributed by atoms with Gasteiger partial charge in [-0.3, -0.25) is 4.92 Å². The molecule has 1 N–H and O–H groups in total. The van der Waals surface area contributed by atoms with E-state index in [0.717, 1.165) is 11.0 Å². The summed E-state index contributed by atoms with van der Waals surface area (Å²) in [7, 11) is -1.33. The molecule has 2 aromatic rings. The Kier molecular flexibility index (Phi) is 4.55. The standard InChI is InChI=1S/C15H11BClF3N2OS/c1-24-11-4-2-3-10(6-11)22-16(23)13-7-12(15(18,19)20)14(17)5-9(13)8-21-22/h2-8,23H,1H3. The predicted octanol–water partition coefficient (Wildman–Crippen LogP) is 3.62. The fourth-order valence-electron chi connectivity index (χ4n) is 2.44. The molecule has 0 unspecified atom stereocenters. The monoisotopic (exact) mass is 370 g/mol. The third kappa shape index (κ3) is 3.13. The average Bonchev–Trinajstić information content (AvgIpc) is 2.53. The van der Waals surface area contributed by atoms with Gasteiger partial charge in [-0.25, -0.2) is 0 Å². The first-order valence-electron chi connectivity index (χ1n) is 6.87. The van der Waals surface area contributed by atoms with E-state index in [1.165, 1.54) is 29.0 Å². The van der Waals surface area contributed by atoms with Crippen LogP contribution in [0.15, 0.2) is 46.4 Å². The third-order valence-corrected chi connectivity index (χ3v) is 4.67. The number of rotatable bonds is 2. The minimum absolute atomic E-state index is 0.108. The van der Waals surface area contributed by atoms with Crippen LogP contribution in [0.4, 0.5) is 18.9 Å². The molecule has 0 aliphatic carbocycles. The van der Waals surface area contributed by atoms with Crippen LogP contribution < -0.4 is 10.4 Å². The van der Waals surface area contributed by atoms with E-state index in [4.69, 9.17) is 11.6 Å². The topological polar surface area (TPSA) is 35.8 Å². The molecule has 1 aliphatic rings. The second-order valence-corrected chi connectivity index (χ2v) is 6.41. The Morgan fingerprint density at radius 1 is 1.25 bits per heavy atom. The van der Waals surface area contributed by atoms with E-state index >= 15 is 0 Å². The minimum atomic E-state index is -4.59. The Morgan fingerprint density at radius 3 is 2.67 bits per heavy atom. The number of halogens is 4. The Bertz CT molecular complexity index is 816. The van der Waals surface area contributed by atoms with Gasteiger partial charge in [0.2, 0.25) is 0 Å². The number of benzene rings is 2. The summed E-state index contributed by atoms with van der Waals surface area (Å²) in [6.45, 7) is 0. The highest BCUT2D eigenvalue weighted by Crippen LogP contribution is 2.35. The minimum Gasteiger partial charge on any atom is -0.427 e. The SMILES string of the molecule is CSc1cccc(N2N=Cc3cc(Cl)c(C(F)(F)F)cc3B2O)c1. The maximum atomic E-state index is 13.0. The van der Waals surface area contributed by atoms with Gasteiger partial charge in [-0.2, -0.15) is 18.3 Å². The van der Waals surface area contributed by atoms with Crippen molar-refractivity contribution < 1.29 is 18.2 Å². The number of anilines is 1. The van der Waals surface area contributed by atoms with Crippen molar-refractivity contribution in [2.24, 2.45) is 5.10 Å². The zero-order chi connectivity index (χ0) is 17.5. The summed E-state index contributed by atoms with van der Waals surface area (Å²) < 4.78 is 39.1. The van der Waals surface area contributed by atoms with Crippen LogP contribution in [0.2, 0.25) is 5.02 Å². The van der Waals surface area contributed by atoms with Crippen molar-refractivity contribution in [2.45, 2.75) is 11.1 Å². The number of thioether (sulfide) groups is 1. The lowest BCUT2D eigenvalue weighted by atomic mass is 9.69. The van der Waals surface area contributed by atoms with Gasteiger partial charge < -0.3 is 5.02 Å². The van der Waals surface area contributed by atoms with Gasteiger partial charge in [-0.05, 0) is 47.6 Å². The highest BCUT2D eigenvalue weighted by molar-refractivity contribution is 7.98. The molecule has 0 saturated heterocycles. The van der Waals surface area contributed by atoms with Crippen LogP contribution in [0.25, 0.3) is 0 Å². The molecule has 0 atom stereocenters. The molecule has 0 spiro atoms. The zero-order valence-electron chi connectivity index (χ0n) is 12.4. The van der Waals surface area contributed by atoms with E-state index in [1.54, 1.807) is 18.2 Å². The molecule has 24 heavy (non-hydrogen) atoms. The van der Waals surface area contributed by atoms with Crippen molar-refractivity contribution >= 4 is 47.8 Å². The van der Waals surface area contributed by atoms with Crippen LogP contribution in [0.1, 0.15) is 11.1 Å². The second kappa shape index (κ2) is 6.35. The number of nitrogens with zero attached hydrogens (tertiary/aromatic N) is 2. The molecule has 124 valence electrons. The molecule has 9 heteroatoms. The summed E-state index contributed by atoms with van der Waals surface area (Å²) in [5, 5.41) is 14.2. The molecule has 0 amide bonds. The lowest BCUT2D eigenvalue weighted by molar-refractivity contribution is -0.137. The predicted molar refractivity (Wildman–Crippen MR) is 92.4 cm³/mol. The van der Waals surface area contributed by atoms with Crippen molar-refractivity contribution in [3.8, 4) is 0 Å². The van der Waals surface area contributed by atoms with Crippen molar-refractivity contribution in [3.63, 3.8) is 0 Å². The summed E-state index contributed by atoms with van der Waals surface area (Å²) >= 11 is 7.22. The number of hydrogen-bond donors (Lipinski definition) is 1. The van der Waals surface area contributed by atoms with E-state index in [-0.39, 0.29) is 5.46 Å². The summed E-state index contributed by atoms with van der Waals surface area (Å²) in [6, 6.07) is 9.26. The molecular weight excluding hydrogens is 360 g/mol. The quantitative estimate of drug-likeness (QED) is 0.648. The molecular formula is C15H11BClF3N2OS. The normalized spacial score (nSPS) is 14.1. The smallest absolute Gasteiger partial charge is 0.427 e. The van der Waals surface area contributed by atoms with E-state index in [9.17, 15) is 18.2 Å². The number of hydrogen-bond acceptors (Lipinski definition) is 4. The Hall–Kier alpha value is -1.64. The van der Waals surface area contributed by atoms with Crippen LogP contribution in [-0.2, 0) is 6.18 Å². The third-order valence-electron chi connectivity index (χ3n) is 3.63. The summed E-state index contributed by atoms with van der Waals surface area (Å²) in [6.07, 6.45) is -1.30. The largest absolute Gasteiger partial charge is 0.471 e. The Balaban J connectivity index is 2.05. The molecule has 3 rings (SSSR count). The first kappa shape index (κ1) is 17.2. The lowest BCUT2D eigenvalue weighted by Crippen LogP contribution is -2.50. The molecule has 0 bridgehead atoms. The molecule has 2 aromatic carbocycles. The van der Waals surface area contributed by atoms with Gasteiger partial charge >= 0.3 is 13.2 Å². The molecule has 1 aliphatic heterocycles. The maximum Gasteiger partial charge on any atom is 0.471 e. The highest BCUT2D eigenvalue weighted by Gasteiger charge is 2.38. The molecule has 1 heterocycles. The van der Waals surface area contributed by atoms with Crippen molar-refractivity contribution in [2.75, 3.05) is 11.2 Å². The van der Waals surface area contributed by atoms with Crippen LogP contribution in [-0.4, -0.2) is 24.5 Å². The molecule has 0 fully saturated rings. The van der Waals surface area contributed by atoms with Gasteiger partial charge in [0.1, 0.15) is 0 Å². The summed E-state index contributed by atoms with van der Waals surface area (Å²) in [5.74, 6) is 0. The molecule has 3 nitrogen and oxygen atoms in total. The van der Waals surface area contributed by atoms with Crippen molar-refractivity contribution in [1.29, 1.82) is 0 Å². The number of fused-ring (bicyclic) bond motifs is 1. The molecule has 0 aromatic heterocycles. The Labute approximate surface area is 146 Å². The van der Waals surface area contributed by atoms with E-state index in [2.05, 4.69) is 5.10 Å². The molecule has 0 saturated carbocycles. The average molecular weight is 371 g/mol. The first-order valence-corrected chi connectivity index (χ1v) is 8.47. The van der Waals surface area contributed by atoms with Crippen LogP contribution in [0.5, 0.6) is 0 Å². The fraction of sp³-hybridized carbons (Fsp3) is 0.133. The van der Waals surface area contributed by atoms with E-state index in [1.807, 2.05) is 12.3 Å². The lowest BCUT2D eigenvalue weighted by Gasteiger charge is -2.27. The summed E-state index contributed by atoms with van der Waals surface area (Å²) in [4.78, 5) is 2.23. The fourth-order valence-corrected chi connectivity index (χ4v) is 3.17. The van der Waals surface area contributed by atoms with Gasteiger partial charge in [0.05, 0.1) is 16.8 Å². The number of alkyl halides is 3. The molecule has 0 radical (unpaired) electrons. The Morgan fingerprint density at radius 2 is 2.00 bits per heavy atom. The first-order chi connectivity index (χ1) is 11.3. The van der Waals surface area contributed by atoms with Gasteiger partial charge in [0.25, 0.3) is 0 Å². The van der Waals surface area contributed by atoms with Crippen LogP contribution in [0, 0.1) is 0 Å². The van der Waals surface area contributed by atoms with Gasteiger partial charge in [-0.1, -0.05) is 17.7 Å². The number of hydrazone groups is 1. The highest BCUT2D eigenvalue weighted by atomic mass is 35.5. The van der Waals surface area contributed by atoms with E-state index in [0.29, 0.717) is 11.3 Å². The van der Waals surface area contributed by atoms with Crippen molar-refractivity contribution in [3.05, 3.63) is 52.5 Å². The van der Waals surface area contributed by atoms with Gasteiger partial charge in [-0.15, -0.1) is 11.8 Å². The van der Waals surface area contributed by atoms with Gasteiger partial charge in [0, 0.05) is 10.6 Å². The van der Waals surface area contributed by atoms with E-state index < -0.39 is 23.8 Å². The van der Waals surface area contributed by atoms with Crippen molar-refractivity contribution in [1.82, 2.24) is 0 Å². The van der Waals surface area contributed by atoms with Crippen LogP contribution >= 0.6 is 23.4 Å². The maximum absolute atomic E-state index is 13.0. The van der Waals surface area contributed by atoms with Crippen LogP contribution in [0.3, 0.4) is 0 Å². The van der Waals surface area contributed by atoms with Gasteiger partial charge in [0.15, 0.2) is 0 Å². The zero-order valence-corrected chi connectivity index (χ0v) is 14.0.